The third-order valence-corrected chi connectivity index (χ3v) is 3.19. The van der Waals surface area contributed by atoms with Crippen LogP contribution in [0.25, 0.3) is 0 Å². The van der Waals surface area contributed by atoms with E-state index in [0.29, 0.717) is 12.1 Å². The normalized spacial score (nSPS) is 16.0. The fourth-order valence-corrected chi connectivity index (χ4v) is 2.21. The lowest BCUT2D eigenvalue weighted by molar-refractivity contribution is -0.105. The molecule has 1 amide bonds. The first-order valence-electron chi connectivity index (χ1n) is 6.04. The Morgan fingerprint density at radius 2 is 2.12 bits per heavy atom. The lowest BCUT2D eigenvalue weighted by atomic mass is 10.1. The molecule has 0 aliphatic carbocycles. The zero-order chi connectivity index (χ0) is 12.1. The summed E-state index contributed by atoms with van der Waals surface area (Å²) in [5, 5.41) is 12.0. The van der Waals surface area contributed by atoms with Gasteiger partial charge in [-0.1, -0.05) is 6.07 Å². The van der Waals surface area contributed by atoms with Gasteiger partial charge in [-0.15, -0.1) is 0 Å². The van der Waals surface area contributed by atoms with Crippen molar-refractivity contribution in [3.8, 4) is 5.75 Å². The predicted molar refractivity (Wildman–Crippen MR) is 67.2 cm³/mol. The highest BCUT2D eigenvalue weighted by molar-refractivity contribution is 5.75. The maximum atomic E-state index is 10.4. The molecule has 0 bridgehead atoms. The van der Waals surface area contributed by atoms with Crippen molar-refractivity contribution in [3.63, 3.8) is 0 Å². The van der Waals surface area contributed by atoms with E-state index in [4.69, 9.17) is 0 Å². The van der Waals surface area contributed by atoms with Crippen molar-refractivity contribution in [2.75, 3.05) is 25.0 Å². The number of rotatable bonds is 5. The molecule has 0 saturated carbocycles. The molecule has 92 valence electrons. The van der Waals surface area contributed by atoms with E-state index in [1.807, 2.05) is 12.1 Å². The number of aromatic hydroxyl groups is 1. The predicted octanol–water partition coefficient (Wildman–Crippen LogP) is 1.60. The molecule has 1 aromatic carbocycles. The van der Waals surface area contributed by atoms with Crippen LogP contribution in [-0.2, 0) is 11.2 Å². The lowest BCUT2D eigenvalue weighted by Gasteiger charge is -2.14. The highest BCUT2D eigenvalue weighted by atomic mass is 16.3. The van der Waals surface area contributed by atoms with Crippen LogP contribution in [0.1, 0.15) is 18.4 Å². The Balaban J connectivity index is 1.95. The molecule has 1 aliphatic rings. The first kappa shape index (κ1) is 11.9. The summed E-state index contributed by atoms with van der Waals surface area (Å²) in [6.07, 6.45) is 4.13. The summed E-state index contributed by atoms with van der Waals surface area (Å²) in [6.45, 7) is 3.43. The van der Waals surface area contributed by atoms with Crippen molar-refractivity contribution in [2.24, 2.45) is 0 Å². The maximum absolute atomic E-state index is 10.4. The van der Waals surface area contributed by atoms with Gasteiger partial charge in [-0.2, -0.15) is 0 Å². The molecule has 1 aliphatic heterocycles. The maximum Gasteiger partial charge on any atom is 0.211 e. The van der Waals surface area contributed by atoms with Gasteiger partial charge < -0.3 is 15.3 Å². The van der Waals surface area contributed by atoms with Gasteiger partial charge in [0.05, 0.1) is 5.69 Å². The molecule has 0 radical (unpaired) electrons. The van der Waals surface area contributed by atoms with Crippen molar-refractivity contribution >= 4 is 12.1 Å². The second kappa shape index (κ2) is 5.68. The van der Waals surface area contributed by atoms with Crippen LogP contribution in [0.5, 0.6) is 5.75 Å². The van der Waals surface area contributed by atoms with Crippen LogP contribution in [0.15, 0.2) is 18.2 Å². The Morgan fingerprint density at radius 3 is 2.82 bits per heavy atom. The quantitative estimate of drug-likeness (QED) is 0.601. The van der Waals surface area contributed by atoms with Gasteiger partial charge in [0, 0.05) is 6.54 Å². The number of phenols is 1. The Bertz CT molecular complexity index is 387. The minimum Gasteiger partial charge on any atom is -0.506 e. The van der Waals surface area contributed by atoms with Crippen LogP contribution < -0.4 is 5.32 Å². The molecule has 0 aromatic heterocycles. The highest BCUT2D eigenvalue weighted by Crippen LogP contribution is 2.24. The first-order chi connectivity index (χ1) is 8.29. The van der Waals surface area contributed by atoms with Crippen molar-refractivity contribution in [3.05, 3.63) is 23.8 Å². The molecule has 1 aromatic rings. The summed E-state index contributed by atoms with van der Waals surface area (Å²) in [5.74, 6) is 0.113. The van der Waals surface area contributed by atoms with Crippen molar-refractivity contribution in [2.45, 2.75) is 19.3 Å². The van der Waals surface area contributed by atoms with E-state index in [1.165, 1.54) is 25.9 Å². The van der Waals surface area contributed by atoms with Gasteiger partial charge in [0.25, 0.3) is 0 Å². The van der Waals surface area contributed by atoms with E-state index in [1.54, 1.807) is 6.07 Å². The van der Waals surface area contributed by atoms with Crippen LogP contribution in [0, 0.1) is 0 Å². The number of hydrogen-bond acceptors (Lipinski definition) is 3. The second-order valence-corrected chi connectivity index (χ2v) is 4.41. The molecular weight excluding hydrogens is 216 g/mol. The van der Waals surface area contributed by atoms with Crippen LogP contribution in [0.3, 0.4) is 0 Å². The zero-order valence-electron chi connectivity index (χ0n) is 9.85. The molecular formula is C13H18N2O2. The molecule has 1 fully saturated rings. The van der Waals surface area contributed by atoms with Gasteiger partial charge in [-0.05, 0) is 50.0 Å². The van der Waals surface area contributed by atoms with Crippen molar-refractivity contribution in [1.82, 2.24) is 4.90 Å². The smallest absolute Gasteiger partial charge is 0.211 e. The van der Waals surface area contributed by atoms with E-state index >= 15 is 0 Å². The summed E-state index contributed by atoms with van der Waals surface area (Å²) in [7, 11) is 0. The van der Waals surface area contributed by atoms with Gasteiger partial charge in [0.15, 0.2) is 0 Å². The Labute approximate surface area is 101 Å². The lowest BCUT2D eigenvalue weighted by Crippen LogP contribution is -2.21. The number of anilines is 1. The Hall–Kier alpha value is -1.55. The minimum absolute atomic E-state index is 0.113. The topological polar surface area (TPSA) is 52.6 Å². The molecule has 0 atom stereocenters. The van der Waals surface area contributed by atoms with E-state index in [-0.39, 0.29) is 5.75 Å². The standard InChI is InChI=1S/C13H18N2O2/c16-10-14-12-9-11(3-4-13(12)17)5-8-15-6-1-2-7-15/h3-4,9-10,17H,1-2,5-8H2,(H,14,16). The number of carbonyl (C=O) groups excluding carboxylic acids is 1. The fourth-order valence-electron chi connectivity index (χ4n) is 2.21. The van der Waals surface area contributed by atoms with Gasteiger partial charge in [0.1, 0.15) is 5.75 Å². The molecule has 1 heterocycles. The van der Waals surface area contributed by atoms with Crippen molar-refractivity contribution in [1.29, 1.82) is 0 Å². The molecule has 2 rings (SSSR count). The number of hydrogen-bond donors (Lipinski definition) is 2. The van der Waals surface area contributed by atoms with E-state index in [9.17, 15) is 9.90 Å². The SMILES string of the molecule is O=CNc1cc(CCN2CCCC2)ccc1O. The largest absolute Gasteiger partial charge is 0.506 e. The van der Waals surface area contributed by atoms with Crippen molar-refractivity contribution < 1.29 is 9.90 Å². The summed E-state index contributed by atoms with van der Waals surface area (Å²) in [4.78, 5) is 12.8. The molecule has 0 spiro atoms. The molecule has 0 unspecified atom stereocenters. The van der Waals surface area contributed by atoms with Crippen LogP contribution in [-0.4, -0.2) is 36.1 Å². The molecule has 1 saturated heterocycles. The van der Waals surface area contributed by atoms with E-state index in [2.05, 4.69) is 10.2 Å². The fraction of sp³-hybridized carbons (Fsp3) is 0.462. The molecule has 17 heavy (non-hydrogen) atoms. The average Bonchev–Trinajstić information content (AvgIpc) is 2.83. The number of phenolic OH excluding ortho intramolecular Hbond substituents is 1. The Morgan fingerprint density at radius 1 is 1.35 bits per heavy atom. The molecule has 2 N–H and O–H groups in total. The minimum atomic E-state index is 0.113. The summed E-state index contributed by atoms with van der Waals surface area (Å²) >= 11 is 0. The zero-order valence-corrected chi connectivity index (χ0v) is 9.85. The summed E-state index contributed by atoms with van der Waals surface area (Å²) < 4.78 is 0. The van der Waals surface area contributed by atoms with Gasteiger partial charge in [0.2, 0.25) is 6.41 Å². The van der Waals surface area contributed by atoms with Gasteiger partial charge in [-0.3, -0.25) is 4.79 Å². The number of nitrogens with one attached hydrogen (secondary N) is 1. The number of amides is 1. The van der Waals surface area contributed by atoms with Crippen LogP contribution in [0.2, 0.25) is 0 Å². The van der Waals surface area contributed by atoms with Gasteiger partial charge >= 0.3 is 0 Å². The van der Waals surface area contributed by atoms with Crippen LogP contribution in [0.4, 0.5) is 5.69 Å². The number of nitrogens with zero attached hydrogens (tertiary/aromatic N) is 1. The monoisotopic (exact) mass is 234 g/mol. The molecule has 4 heteroatoms. The highest BCUT2D eigenvalue weighted by Gasteiger charge is 2.11. The van der Waals surface area contributed by atoms with Gasteiger partial charge in [-0.25, -0.2) is 0 Å². The summed E-state index contributed by atoms with van der Waals surface area (Å²) in [6, 6.07) is 5.37. The first-order valence-corrected chi connectivity index (χ1v) is 6.04. The summed E-state index contributed by atoms with van der Waals surface area (Å²) in [5.41, 5.74) is 1.62. The third kappa shape index (κ3) is 3.20. The number of likely N-dealkylation sites (tertiary alicyclic amines) is 1. The van der Waals surface area contributed by atoms with E-state index in [0.717, 1.165) is 18.5 Å². The van der Waals surface area contributed by atoms with E-state index < -0.39 is 0 Å². The number of carbonyl (C=O) groups is 1. The number of benzene rings is 1. The molecule has 4 nitrogen and oxygen atoms in total. The average molecular weight is 234 g/mol. The van der Waals surface area contributed by atoms with Crippen LogP contribution >= 0.6 is 0 Å². The third-order valence-electron chi connectivity index (χ3n) is 3.19. The Kier molecular flexibility index (Phi) is 3.98. The second-order valence-electron chi connectivity index (χ2n) is 4.41.